The third-order valence-corrected chi connectivity index (χ3v) is 3.20. The van der Waals surface area contributed by atoms with Crippen LogP contribution in [0.2, 0.25) is 0 Å². The molecule has 0 atom stereocenters. The Balaban J connectivity index is 1.76. The van der Waals surface area contributed by atoms with E-state index in [2.05, 4.69) is 22.5 Å². The molecule has 1 saturated carbocycles. The van der Waals surface area contributed by atoms with Gasteiger partial charge in [0.25, 0.3) is 5.91 Å². The highest BCUT2D eigenvalue weighted by atomic mass is 16.2. The second kappa shape index (κ2) is 7.59. The summed E-state index contributed by atoms with van der Waals surface area (Å²) in [7, 11) is 0. The SMILES string of the molecule is C=CCNC(=O)c1ccc(NC(=O)CCNC2CC2)cc1. The van der Waals surface area contributed by atoms with E-state index in [1.54, 1.807) is 30.3 Å². The van der Waals surface area contributed by atoms with E-state index in [1.807, 2.05) is 0 Å². The number of anilines is 1. The highest BCUT2D eigenvalue weighted by Crippen LogP contribution is 2.18. The first-order chi connectivity index (χ1) is 10.2. The van der Waals surface area contributed by atoms with Crippen molar-refractivity contribution in [1.82, 2.24) is 10.6 Å². The number of hydrogen-bond donors (Lipinski definition) is 3. The fourth-order valence-corrected chi connectivity index (χ4v) is 1.87. The molecule has 5 heteroatoms. The van der Waals surface area contributed by atoms with Crippen LogP contribution in [0, 0.1) is 0 Å². The standard InChI is InChI=1S/C16H21N3O2/c1-2-10-18-16(21)12-3-5-14(6-4-12)19-15(20)9-11-17-13-7-8-13/h2-6,13,17H,1,7-11H2,(H,18,21)(H,19,20). The molecule has 21 heavy (non-hydrogen) atoms. The van der Waals surface area contributed by atoms with Crippen molar-refractivity contribution >= 4 is 17.5 Å². The zero-order chi connectivity index (χ0) is 15.1. The predicted molar refractivity (Wildman–Crippen MR) is 83.2 cm³/mol. The van der Waals surface area contributed by atoms with E-state index >= 15 is 0 Å². The van der Waals surface area contributed by atoms with Crippen LogP contribution >= 0.6 is 0 Å². The lowest BCUT2D eigenvalue weighted by Gasteiger charge is -2.07. The Bertz CT molecular complexity index is 507. The van der Waals surface area contributed by atoms with E-state index < -0.39 is 0 Å². The van der Waals surface area contributed by atoms with Gasteiger partial charge < -0.3 is 16.0 Å². The van der Waals surface area contributed by atoms with Gasteiger partial charge in [0.15, 0.2) is 0 Å². The molecule has 1 aliphatic carbocycles. The van der Waals surface area contributed by atoms with E-state index in [0.29, 0.717) is 36.8 Å². The highest BCUT2D eigenvalue weighted by molar-refractivity contribution is 5.95. The normalized spacial score (nSPS) is 13.5. The molecular weight excluding hydrogens is 266 g/mol. The van der Waals surface area contributed by atoms with Crippen LogP contribution in [-0.4, -0.2) is 30.9 Å². The Morgan fingerprint density at radius 1 is 1.24 bits per heavy atom. The van der Waals surface area contributed by atoms with Crippen molar-refractivity contribution in [2.45, 2.75) is 25.3 Å². The van der Waals surface area contributed by atoms with Crippen LogP contribution in [0.25, 0.3) is 0 Å². The summed E-state index contributed by atoms with van der Waals surface area (Å²) in [6, 6.07) is 7.46. The summed E-state index contributed by atoms with van der Waals surface area (Å²) < 4.78 is 0. The average Bonchev–Trinajstić information content (AvgIpc) is 3.29. The minimum Gasteiger partial charge on any atom is -0.349 e. The van der Waals surface area contributed by atoms with Gasteiger partial charge in [0.05, 0.1) is 0 Å². The molecule has 0 aromatic heterocycles. The Morgan fingerprint density at radius 3 is 2.57 bits per heavy atom. The molecule has 5 nitrogen and oxygen atoms in total. The minimum absolute atomic E-state index is 0.0213. The van der Waals surface area contributed by atoms with Crippen molar-refractivity contribution in [3.63, 3.8) is 0 Å². The molecular formula is C16H21N3O2. The molecule has 3 N–H and O–H groups in total. The van der Waals surface area contributed by atoms with E-state index in [4.69, 9.17) is 0 Å². The van der Waals surface area contributed by atoms with E-state index in [-0.39, 0.29) is 11.8 Å². The topological polar surface area (TPSA) is 70.2 Å². The third kappa shape index (κ3) is 5.39. The van der Waals surface area contributed by atoms with Crippen LogP contribution < -0.4 is 16.0 Å². The molecule has 2 rings (SSSR count). The summed E-state index contributed by atoms with van der Waals surface area (Å²) in [5, 5.41) is 8.81. The molecule has 0 bridgehead atoms. The highest BCUT2D eigenvalue weighted by Gasteiger charge is 2.20. The Kier molecular flexibility index (Phi) is 5.51. The fourth-order valence-electron chi connectivity index (χ4n) is 1.87. The maximum Gasteiger partial charge on any atom is 0.251 e. The van der Waals surface area contributed by atoms with Crippen molar-refractivity contribution in [3.8, 4) is 0 Å². The first-order valence-corrected chi connectivity index (χ1v) is 7.21. The molecule has 1 aromatic rings. The lowest BCUT2D eigenvalue weighted by molar-refractivity contribution is -0.116. The quantitative estimate of drug-likeness (QED) is 0.637. The summed E-state index contributed by atoms with van der Waals surface area (Å²) in [5.41, 5.74) is 1.26. The van der Waals surface area contributed by atoms with Crippen LogP contribution in [0.3, 0.4) is 0 Å². The summed E-state index contributed by atoms with van der Waals surface area (Å²) in [6.07, 6.45) is 4.52. The Hall–Kier alpha value is -2.14. The number of hydrogen-bond acceptors (Lipinski definition) is 3. The van der Waals surface area contributed by atoms with Gasteiger partial charge in [0.1, 0.15) is 0 Å². The molecule has 0 saturated heterocycles. The average molecular weight is 287 g/mol. The molecule has 1 fully saturated rings. The summed E-state index contributed by atoms with van der Waals surface area (Å²) in [5.74, 6) is -0.173. The number of nitrogens with one attached hydrogen (secondary N) is 3. The summed E-state index contributed by atoms with van der Waals surface area (Å²) in [4.78, 5) is 23.4. The number of benzene rings is 1. The lowest BCUT2D eigenvalue weighted by Crippen LogP contribution is -2.24. The van der Waals surface area contributed by atoms with Crippen LogP contribution in [0.1, 0.15) is 29.6 Å². The van der Waals surface area contributed by atoms with E-state index in [9.17, 15) is 9.59 Å². The van der Waals surface area contributed by atoms with Gasteiger partial charge in [-0.1, -0.05) is 6.08 Å². The van der Waals surface area contributed by atoms with Crippen molar-refractivity contribution in [2.24, 2.45) is 0 Å². The summed E-state index contributed by atoms with van der Waals surface area (Å²) in [6.45, 7) is 4.69. The second-order valence-electron chi connectivity index (χ2n) is 5.10. The van der Waals surface area contributed by atoms with Crippen LogP contribution in [0.4, 0.5) is 5.69 Å². The minimum atomic E-state index is -0.151. The van der Waals surface area contributed by atoms with Crippen molar-refractivity contribution < 1.29 is 9.59 Å². The first-order valence-electron chi connectivity index (χ1n) is 7.21. The molecule has 2 amide bonds. The fraction of sp³-hybridized carbons (Fsp3) is 0.375. The number of carbonyl (C=O) groups is 2. The zero-order valence-corrected chi connectivity index (χ0v) is 12.0. The maximum absolute atomic E-state index is 11.7. The second-order valence-corrected chi connectivity index (χ2v) is 5.10. The van der Waals surface area contributed by atoms with Gasteiger partial charge in [-0.2, -0.15) is 0 Å². The van der Waals surface area contributed by atoms with Crippen molar-refractivity contribution in [3.05, 3.63) is 42.5 Å². The molecule has 0 heterocycles. The maximum atomic E-state index is 11.7. The monoisotopic (exact) mass is 287 g/mol. The largest absolute Gasteiger partial charge is 0.349 e. The van der Waals surface area contributed by atoms with E-state index in [0.717, 1.165) is 0 Å². The van der Waals surface area contributed by atoms with Crippen LogP contribution in [0.15, 0.2) is 36.9 Å². The molecule has 1 aromatic carbocycles. The smallest absolute Gasteiger partial charge is 0.251 e. The number of carbonyl (C=O) groups excluding carboxylic acids is 2. The molecule has 1 aliphatic rings. The molecule has 0 radical (unpaired) electrons. The Morgan fingerprint density at radius 2 is 1.95 bits per heavy atom. The van der Waals surface area contributed by atoms with Gasteiger partial charge in [-0.25, -0.2) is 0 Å². The van der Waals surface area contributed by atoms with Gasteiger partial charge >= 0.3 is 0 Å². The Labute approximate surface area is 124 Å². The van der Waals surface area contributed by atoms with Gasteiger partial charge in [0.2, 0.25) is 5.91 Å². The van der Waals surface area contributed by atoms with Gasteiger partial charge in [0, 0.05) is 36.8 Å². The van der Waals surface area contributed by atoms with E-state index in [1.165, 1.54) is 12.8 Å². The van der Waals surface area contributed by atoms with Crippen molar-refractivity contribution in [1.29, 1.82) is 0 Å². The molecule has 0 aliphatic heterocycles. The van der Waals surface area contributed by atoms with Crippen molar-refractivity contribution in [2.75, 3.05) is 18.4 Å². The van der Waals surface area contributed by atoms with Gasteiger partial charge in [-0.15, -0.1) is 6.58 Å². The zero-order valence-electron chi connectivity index (χ0n) is 12.0. The summed E-state index contributed by atoms with van der Waals surface area (Å²) >= 11 is 0. The predicted octanol–water partition coefficient (Wildman–Crippen LogP) is 1.68. The number of rotatable bonds is 8. The lowest BCUT2D eigenvalue weighted by atomic mass is 10.2. The molecule has 0 unspecified atom stereocenters. The third-order valence-electron chi connectivity index (χ3n) is 3.20. The molecule has 112 valence electrons. The van der Waals surface area contributed by atoms with Crippen LogP contribution in [0.5, 0.6) is 0 Å². The van der Waals surface area contributed by atoms with Gasteiger partial charge in [-0.05, 0) is 37.1 Å². The van der Waals surface area contributed by atoms with Crippen LogP contribution in [-0.2, 0) is 4.79 Å². The number of amides is 2. The first kappa shape index (κ1) is 15.3. The molecule has 0 spiro atoms. The van der Waals surface area contributed by atoms with Gasteiger partial charge in [-0.3, -0.25) is 9.59 Å².